The maximum atomic E-state index is 11.8. The van der Waals surface area contributed by atoms with E-state index in [2.05, 4.69) is 10.00 Å². The Balaban J connectivity index is 1.60. The molecule has 0 amide bonds. The van der Waals surface area contributed by atoms with Crippen molar-refractivity contribution in [3.8, 4) is 0 Å². The maximum Gasteiger partial charge on any atom is 0.341 e. The van der Waals surface area contributed by atoms with Crippen molar-refractivity contribution in [1.82, 2.24) is 14.7 Å². The molecule has 0 radical (unpaired) electrons. The molecule has 1 aliphatic heterocycles. The van der Waals surface area contributed by atoms with E-state index in [1.807, 2.05) is 35.0 Å². The second-order valence-electron chi connectivity index (χ2n) is 6.41. The van der Waals surface area contributed by atoms with Gasteiger partial charge in [0.25, 0.3) is 0 Å². The molecule has 1 aliphatic rings. The third-order valence-electron chi connectivity index (χ3n) is 4.58. The van der Waals surface area contributed by atoms with Gasteiger partial charge in [-0.2, -0.15) is 5.10 Å². The Bertz CT molecular complexity index is 686. The van der Waals surface area contributed by atoms with E-state index in [1.54, 1.807) is 19.3 Å². The Labute approximate surface area is 148 Å². The number of esters is 1. The summed E-state index contributed by atoms with van der Waals surface area (Å²) < 4.78 is 6.87. The zero-order valence-corrected chi connectivity index (χ0v) is 14.5. The number of carbonyl (C=O) groups is 1. The first-order valence-corrected chi connectivity index (χ1v) is 8.84. The molecule has 1 aromatic heterocycles. The number of piperidine rings is 1. The molecule has 1 fully saturated rings. The molecule has 0 bridgehead atoms. The molecule has 6 heteroatoms. The lowest BCUT2D eigenvalue weighted by molar-refractivity contribution is 0.0526. The molecular weight excluding hydrogens is 318 g/mol. The highest BCUT2D eigenvalue weighted by atomic mass is 16.5. The number of carbonyl (C=O) groups excluding carboxylic acids is 1. The van der Waals surface area contributed by atoms with Crippen LogP contribution in [0.1, 0.15) is 47.8 Å². The number of hydrogen-bond donors (Lipinski definition) is 1. The van der Waals surface area contributed by atoms with E-state index in [1.165, 1.54) is 0 Å². The van der Waals surface area contributed by atoms with Gasteiger partial charge in [-0.25, -0.2) is 4.79 Å². The topological polar surface area (TPSA) is 67.6 Å². The fraction of sp³-hybridized carbons (Fsp3) is 0.474. The lowest BCUT2D eigenvalue weighted by atomic mass is 10.0. The second-order valence-corrected chi connectivity index (χ2v) is 6.41. The van der Waals surface area contributed by atoms with Crippen molar-refractivity contribution < 1.29 is 14.6 Å². The van der Waals surface area contributed by atoms with Gasteiger partial charge in [-0.1, -0.05) is 30.3 Å². The average Bonchev–Trinajstić information content (AvgIpc) is 3.13. The summed E-state index contributed by atoms with van der Waals surface area (Å²) in [6.45, 7) is 4.53. The van der Waals surface area contributed by atoms with Crippen molar-refractivity contribution in [2.24, 2.45) is 0 Å². The van der Waals surface area contributed by atoms with Crippen LogP contribution in [0.4, 0.5) is 0 Å². The molecule has 134 valence electrons. The first-order valence-electron chi connectivity index (χ1n) is 8.84. The maximum absolute atomic E-state index is 11.8. The number of likely N-dealkylation sites (tertiary alicyclic amines) is 1. The normalized spacial score (nSPS) is 19.5. The Kier molecular flexibility index (Phi) is 5.83. The highest BCUT2D eigenvalue weighted by Gasteiger charge is 2.24. The van der Waals surface area contributed by atoms with Crippen LogP contribution in [0.25, 0.3) is 0 Å². The number of aliphatic hydroxyl groups is 1. The quantitative estimate of drug-likeness (QED) is 0.816. The molecule has 25 heavy (non-hydrogen) atoms. The molecule has 1 N–H and O–H groups in total. The van der Waals surface area contributed by atoms with Crippen LogP contribution in [-0.4, -0.2) is 52.0 Å². The third kappa shape index (κ3) is 4.46. The minimum Gasteiger partial charge on any atom is -0.462 e. The van der Waals surface area contributed by atoms with Gasteiger partial charge < -0.3 is 9.84 Å². The summed E-state index contributed by atoms with van der Waals surface area (Å²) in [4.78, 5) is 14.0. The predicted octanol–water partition coefficient (Wildman–Crippen LogP) is 2.43. The number of rotatable bonds is 6. The van der Waals surface area contributed by atoms with Crippen molar-refractivity contribution in [3.63, 3.8) is 0 Å². The first kappa shape index (κ1) is 17.6. The number of hydrogen-bond acceptors (Lipinski definition) is 5. The molecule has 1 saturated heterocycles. The third-order valence-corrected chi connectivity index (χ3v) is 4.58. The predicted molar refractivity (Wildman–Crippen MR) is 94.3 cm³/mol. The van der Waals surface area contributed by atoms with Gasteiger partial charge in [0.1, 0.15) is 0 Å². The molecule has 0 spiro atoms. The Morgan fingerprint density at radius 3 is 2.96 bits per heavy atom. The van der Waals surface area contributed by atoms with E-state index in [0.717, 1.165) is 31.5 Å². The van der Waals surface area contributed by atoms with Gasteiger partial charge in [0.2, 0.25) is 0 Å². The van der Waals surface area contributed by atoms with Crippen molar-refractivity contribution in [3.05, 3.63) is 53.9 Å². The van der Waals surface area contributed by atoms with Crippen molar-refractivity contribution in [1.29, 1.82) is 0 Å². The van der Waals surface area contributed by atoms with Gasteiger partial charge in [-0.3, -0.25) is 9.58 Å². The number of ether oxygens (including phenoxy) is 1. The fourth-order valence-corrected chi connectivity index (χ4v) is 3.30. The minimum atomic E-state index is -0.493. The molecule has 1 aromatic carbocycles. The van der Waals surface area contributed by atoms with Crippen molar-refractivity contribution in [2.75, 3.05) is 26.2 Å². The summed E-state index contributed by atoms with van der Waals surface area (Å²) in [6.07, 6.45) is 4.89. The number of nitrogens with zero attached hydrogens (tertiary/aromatic N) is 3. The van der Waals surface area contributed by atoms with Crippen LogP contribution in [0, 0.1) is 0 Å². The summed E-state index contributed by atoms with van der Waals surface area (Å²) in [5, 5.41) is 14.8. The lowest BCUT2D eigenvalue weighted by Gasteiger charge is -2.34. The number of benzene rings is 1. The Morgan fingerprint density at radius 1 is 1.40 bits per heavy atom. The molecular formula is C19H25N3O3. The molecule has 3 rings (SSSR count). The van der Waals surface area contributed by atoms with Crippen molar-refractivity contribution >= 4 is 5.97 Å². The summed E-state index contributed by atoms with van der Waals surface area (Å²) >= 11 is 0. The smallest absolute Gasteiger partial charge is 0.341 e. The van der Waals surface area contributed by atoms with E-state index >= 15 is 0 Å². The monoisotopic (exact) mass is 343 g/mol. The van der Waals surface area contributed by atoms with Crippen LogP contribution in [0.15, 0.2) is 42.7 Å². The van der Waals surface area contributed by atoms with Crippen LogP contribution in [0.2, 0.25) is 0 Å². The van der Waals surface area contributed by atoms with Gasteiger partial charge in [0.15, 0.2) is 0 Å². The number of β-amino-alcohol motifs (C(OH)–C–C–N with tert-alkyl or cyclic N) is 1. The lowest BCUT2D eigenvalue weighted by Crippen LogP contribution is -2.39. The van der Waals surface area contributed by atoms with E-state index in [9.17, 15) is 9.90 Å². The van der Waals surface area contributed by atoms with Gasteiger partial charge in [0.05, 0.1) is 30.5 Å². The standard InChI is InChI=1S/C19H25N3O3/c1-2-25-19(24)16-11-20-22(12-16)17-9-6-10-21(13-17)14-18(23)15-7-4-3-5-8-15/h3-5,7-8,11-12,17-18,23H,2,6,9-10,13-14H2,1H3. The molecule has 2 heterocycles. The summed E-state index contributed by atoms with van der Waals surface area (Å²) in [5.41, 5.74) is 1.43. The Morgan fingerprint density at radius 2 is 2.20 bits per heavy atom. The molecule has 2 atom stereocenters. The molecule has 6 nitrogen and oxygen atoms in total. The zero-order valence-electron chi connectivity index (χ0n) is 14.5. The van der Waals surface area contributed by atoms with E-state index in [4.69, 9.17) is 4.74 Å². The highest BCUT2D eigenvalue weighted by Crippen LogP contribution is 2.23. The SMILES string of the molecule is CCOC(=O)c1cnn(C2CCCN(CC(O)c3ccccc3)C2)c1. The second kappa shape index (κ2) is 8.27. The minimum absolute atomic E-state index is 0.208. The average molecular weight is 343 g/mol. The zero-order chi connectivity index (χ0) is 17.6. The van der Waals surface area contributed by atoms with Gasteiger partial charge >= 0.3 is 5.97 Å². The number of aliphatic hydroxyl groups excluding tert-OH is 1. The molecule has 0 saturated carbocycles. The van der Waals surface area contributed by atoms with E-state index in [-0.39, 0.29) is 12.0 Å². The van der Waals surface area contributed by atoms with Crippen LogP contribution >= 0.6 is 0 Å². The van der Waals surface area contributed by atoms with Crippen LogP contribution in [0.3, 0.4) is 0 Å². The first-order chi connectivity index (χ1) is 12.2. The number of aromatic nitrogens is 2. The summed E-state index contributed by atoms with van der Waals surface area (Å²) in [5.74, 6) is -0.332. The van der Waals surface area contributed by atoms with Crippen molar-refractivity contribution in [2.45, 2.75) is 31.9 Å². The Hall–Kier alpha value is -2.18. The van der Waals surface area contributed by atoms with Crippen LogP contribution < -0.4 is 0 Å². The molecule has 2 aromatic rings. The highest BCUT2D eigenvalue weighted by molar-refractivity contribution is 5.88. The summed E-state index contributed by atoms with van der Waals surface area (Å²) in [7, 11) is 0. The van der Waals surface area contributed by atoms with Crippen LogP contribution in [-0.2, 0) is 4.74 Å². The largest absolute Gasteiger partial charge is 0.462 e. The summed E-state index contributed by atoms with van der Waals surface area (Å²) in [6, 6.07) is 9.94. The molecule has 0 aliphatic carbocycles. The van der Waals surface area contributed by atoms with E-state index in [0.29, 0.717) is 18.7 Å². The van der Waals surface area contributed by atoms with Gasteiger partial charge in [-0.05, 0) is 31.9 Å². The molecule has 2 unspecified atom stereocenters. The van der Waals surface area contributed by atoms with Gasteiger partial charge in [0, 0.05) is 19.3 Å². The fourth-order valence-electron chi connectivity index (χ4n) is 3.30. The van der Waals surface area contributed by atoms with Gasteiger partial charge in [-0.15, -0.1) is 0 Å². The van der Waals surface area contributed by atoms with E-state index < -0.39 is 6.10 Å². The van der Waals surface area contributed by atoms with Crippen LogP contribution in [0.5, 0.6) is 0 Å².